The number of primary amides is 1. The molecule has 4 aromatic rings. The van der Waals surface area contributed by atoms with Crippen molar-refractivity contribution in [3.63, 3.8) is 0 Å². The van der Waals surface area contributed by atoms with Crippen LogP contribution < -0.4 is 11.3 Å². The summed E-state index contributed by atoms with van der Waals surface area (Å²) in [6.07, 6.45) is 1.64. The van der Waals surface area contributed by atoms with E-state index in [1.54, 1.807) is 11.6 Å². The maximum Gasteiger partial charge on any atom is 0.258 e. The quantitative estimate of drug-likeness (QED) is 0.533. The van der Waals surface area contributed by atoms with Crippen molar-refractivity contribution in [3.05, 3.63) is 105 Å². The van der Waals surface area contributed by atoms with E-state index >= 15 is 0 Å². The molecule has 0 saturated carbocycles. The van der Waals surface area contributed by atoms with Gasteiger partial charge in [-0.25, -0.2) is 4.98 Å². The lowest BCUT2D eigenvalue weighted by Crippen LogP contribution is -2.25. The molecule has 0 aliphatic rings. The number of hydrogen-bond acceptors (Lipinski definition) is 5. The molecule has 138 valence electrons. The Bertz CT molecular complexity index is 1170. The Kier molecular flexibility index (Phi) is 4.82. The van der Waals surface area contributed by atoms with Crippen molar-refractivity contribution in [2.45, 2.75) is 6.04 Å². The molecule has 1 unspecified atom stereocenters. The van der Waals surface area contributed by atoms with Crippen molar-refractivity contribution in [2.75, 3.05) is 0 Å². The van der Waals surface area contributed by atoms with Crippen LogP contribution in [-0.4, -0.2) is 21.0 Å². The fourth-order valence-electron chi connectivity index (χ4n) is 2.91. The number of aromatic nitrogens is 2. The SMILES string of the molecule is NC(=O)C(N=C(c1ccccc1)c1ccccc1)c1cc(=O)n2ccsc2n1. The number of carbonyl (C=O) groups excluding carboxylic acids is 1. The van der Waals surface area contributed by atoms with Crippen molar-refractivity contribution in [2.24, 2.45) is 10.7 Å². The number of hydrogen-bond donors (Lipinski definition) is 1. The molecule has 7 heteroatoms. The topological polar surface area (TPSA) is 89.8 Å². The number of rotatable bonds is 5. The molecular weight excluding hydrogens is 372 g/mol. The molecule has 2 aromatic heterocycles. The maximum atomic E-state index is 12.3. The predicted octanol–water partition coefficient (Wildman–Crippen LogP) is 2.82. The summed E-state index contributed by atoms with van der Waals surface area (Å²) in [6.45, 7) is 0. The summed E-state index contributed by atoms with van der Waals surface area (Å²) in [6, 6.07) is 19.3. The van der Waals surface area contributed by atoms with E-state index in [0.717, 1.165) is 11.1 Å². The van der Waals surface area contributed by atoms with Crippen molar-refractivity contribution < 1.29 is 4.79 Å². The van der Waals surface area contributed by atoms with Gasteiger partial charge in [0.15, 0.2) is 11.0 Å². The van der Waals surface area contributed by atoms with Gasteiger partial charge in [0, 0.05) is 28.8 Å². The molecule has 28 heavy (non-hydrogen) atoms. The third-order valence-corrected chi connectivity index (χ3v) is 4.98. The second-order valence-corrected chi connectivity index (χ2v) is 6.96. The lowest BCUT2D eigenvalue weighted by Gasteiger charge is -2.13. The molecule has 0 saturated heterocycles. The minimum Gasteiger partial charge on any atom is -0.367 e. The highest BCUT2D eigenvalue weighted by molar-refractivity contribution is 7.15. The largest absolute Gasteiger partial charge is 0.367 e. The molecule has 2 N–H and O–H groups in total. The maximum absolute atomic E-state index is 12.3. The molecule has 1 amide bonds. The molecule has 6 nitrogen and oxygen atoms in total. The lowest BCUT2D eigenvalue weighted by atomic mass is 10.0. The van der Waals surface area contributed by atoms with Crippen LogP contribution in [0.4, 0.5) is 0 Å². The molecule has 0 radical (unpaired) electrons. The van der Waals surface area contributed by atoms with E-state index in [9.17, 15) is 9.59 Å². The Morgan fingerprint density at radius 1 is 1.04 bits per heavy atom. The normalized spacial score (nSPS) is 11.9. The molecule has 0 fully saturated rings. The Labute approximate surface area is 164 Å². The van der Waals surface area contributed by atoms with Gasteiger partial charge in [-0.3, -0.25) is 19.0 Å². The fraction of sp³-hybridized carbons (Fsp3) is 0.0476. The summed E-state index contributed by atoms with van der Waals surface area (Å²) in [5, 5.41) is 1.76. The van der Waals surface area contributed by atoms with E-state index in [0.29, 0.717) is 10.7 Å². The first-order chi connectivity index (χ1) is 13.6. The highest BCUT2D eigenvalue weighted by atomic mass is 32.1. The Morgan fingerprint density at radius 2 is 1.64 bits per heavy atom. The zero-order valence-corrected chi connectivity index (χ0v) is 15.5. The van der Waals surface area contributed by atoms with Crippen molar-refractivity contribution in [1.29, 1.82) is 0 Å². The van der Waals surface area contributed by atoms with Crippen LogP contribution in [0.15, 0.2) is 88.1 Å². The highest BCUT2D eigenvalue weighted by Crippen LogP contribution is 2.20. The van der Waals surface area contributed by atoms with Crippen LogP contribution in [0.3, 0.4) is 0 Å². The standard InChI is InChI=1S/C21H16N4O2S/c22-20(27)19(16-13-17(26)25-11-12-28-21(25)23-16)24-18(14-7-3-1-4-8-14)15-9-5-2-6-10-15/h1-13,19H,(H2,22,27). The summed E-state index contributed by atoms with van der Waals surface area (Å²) >= 11 is 1.31. The third kappa shape index (κ3) is 3.47. The van der Waals surface area contributed by atoms with Crippen LogP contribution in [0, 0.1) is 0 Å². The van der Waals surface area contributed by atoms with Gasteiger partial charge in [0.1, 0.15) is 0 Å². The van der Waals surface area contributed by atoms with Crippen molar-refractivity contribution in [1.82, 2.24) is 9.38 Å². The summed E-state index contributed by atoms with van der Waals surface area (Å²) in [5.41, 5.74) is 7.91. The van der Waals surface area contributed by atoms with Gasteiger partial charge in [0.05, 0.1) is 11.4 Å². The summed E-state index contributed by atoms with van der Waals surface area (Å²) in [5.74, 6) is -0.669. The van der Waals surface area contributed by atoms with Crippen LogP contribution in [0.25, 0.3) is 4.96 Å². The van der Waals surface area contributed by atoms with Crippen molar-refractivity contribution >= 4 is 27.9 Å². The number of amides is 1. The molecule has 2 aromatic carbocycles. The van der Waals surface area contributed by atoms with Gasteiger partial charge in [-0.2, -0.15) is 0 Å². The van der Waals surface area contributed by atoms with Crippen LogP contribution in [0.2, 0.25) is 0 Å². The lowest BCUT2D eigenvalue weighted by molar-refractivity contribution is -0.119. The predicted molar refractivity (Wildman–Crippen MR) is 110 cm³/mol. The number of nitrogens with two attached hydrogens (primary N) is 1. The van der Waals surface area contributed by atoms with Crippen molar-refractivity contribution in [3.8, 4) is 0 Å². The monoisotopic (exact) mass is 388 g/mol. The molecule has 0 aliphatic heterocycles. The number of aliphatic imine (C=N–C) groups is 1. The zero-order valence-electron chi connectivity index (χ0n) is 14.7. The first-order valence-corrected chi connectivity index (χ1v) is 9.46. The van der Waals surface area contributed by atoms with Gasteiger partial charge in [-0.1, -0.05) is 60.7 Å². The van der Waals surface area contributed by atoms with E-state index in [1.165, 1.54) is 21.8 Å². The molecule has 0 bridgehead atoms. The Morgan fingerprint density at radius 3 is 2.21 bits per heavy atom. The number of fused-ring (bicyclic) bond motifs is 1. The smallest absolute Gasteiger partial charge is 0.258 e. The van der Waals surface area contributed by atoms with Gasteiger partial charge in [-0.15, -0.1) is 11.3 Å². The zero-order chi connectivity index (χ0) is 19.5. The van der Waals surface area contributed by atoms with Crippen LogP contribution in [0.1, 0.15) is 22.9 Å². The highest BCUT2D eigenvalue weighted by Gasteiger charge is 2.22. The van der Waals surface area contributed by atoms with E-state index in [1.807, 2.05) is 60.7 Å². The number of carbonyl (C=O) groups is 1. The van der Waals surface area contributed by atoms with Crippen LogP contribution >= 0.6 is 11.3 Å². The molecule has 1 atom stereocenters. The van der Waals surface area contributed by atoms with Gasteiger partial charge >= 0.3 is 0 Å². The second-order valence-electron chi connectivity index (χ2n) is 6.09. The minimum absolute atomic E-state index is 0.240. The molecule has 0 aliphatic carbocycles. The van der Waals surface area contributed by atoms with Gasteiger partial charge in [0.2, 0.25) is 5.91 Å². The summed E-state index contributed by atoms with van der Waals surface area (Å²) in [4.78, 5) is 34.2. The number of benzene rings is 2. The fourth-order valence-corrected chi connectivity index (χ4v) is 3.64. The van der Waals surface area contributed by atoms with Crippen LogP contribution in [-0.2, 0) is 4.79 Å². The molecule has 4 rings (SSSR count). The van der Waals surface area contributed by atoms with E-state index < -0.39 is 11.9 Å². The molecular formula is C21H16N4O2S. The van der Waals surface area contributed by atoms with Gasteiger partial charge < -0.3 is 5.73 Å². The first-order valence-electron chi connectivity index (χ1n) is 8.58. The second kappa shape index (κ2) is 7.58. The minimum atomic E-state index is -1.07. The first kappa shape index (κ1) is 17.8. The number of nitrogens with zero attached hydrogens (tertiary/aromatic N) is 3. The van der Waals surface area contributed by atoms with E-state index in [4.69, 9.17) is 5.73 Å². The molecule has 0 spiro atoms. The van der Waals surface area contributed by atoms with Gasteiger partial charge in [0.25, 0.3) is 5.56 Å². The van der Waals surface area contributed by atoms with Gasteiger partial charge in [-0.05, 0) is 0 Å². The summed E-state index contributed by atoms with van der Waals surface area (Å²) < 4.78 is 1.42. The Balaban J connectivity index is 1.90. The summed E-state index contributed by atoms with van der Waals surface area (Å²) in [7, 11) is 0. The molecule has 2 heterocycles. The van der Waals surface area contributed by atoms with E-state index in [2.05, 4.69) is 9.98 Å². The average molecular weight is 388 g/mol. The Hall–Kier alpha value is -3.58. The third-order valence-electron chi connectivity index (χ3n) is 4.23. The van der Waals surface area contributed by atoms with Crippen LogP contribution in [0.5, 0.6) is 0 Å². The average Bonchev–Trinajstić information content (AvgIpc) is 3.19. The van der Waals surface area contributed by atoms with E-state index in [-0.39, 0.29) is 11.3 Å². The number of thiazole rings is 1.